The highest BCUT2D eigenvalue weighted by Crippen LogP contribution is 2.23. The molecule has 1 saturated heterocycles. The molecule has 16 heavy (non-hydrogen) atoms. The predicted molar refractivity (Wildman–Crippen MR) is 64.0 cm³/mol. The summed E-state index contributed by atoms with van der Waals surface area (Å²) in [4.78, 5) is 15.2. The van der Waals surface area contributed by atoms with Crippen LogP contribution in [-0.2, 0) is 4.79 Å². The van der Waals surface area contributed by atoms with Crippen molar-refractivity contribution in [2.75, 3.05) is 31.1 Å². The van der Waals surface area contributed by atoms with Crippen LogP contribution >= 0.6 is 23.3 Å². The SMILES string of the molecule is CC(=O)N1CCCN(c2nsnc2Cl)CC1. The third kappa shape index (κ3) is 2.44. The number of carbonyl (C=O) groups is 1. The van der Waals surface area contributed by atoms with Crippen LogP contribution in [-0.4, -0.2) is 45.7 Å². The predicted octanol–water partition coefficient (Wildman–Crippen LogP) is 1.25. The van der Waals surface area contributed by atoms with Gasteiger partial charge in [-0.2, -0.15) is 8.75 Å². The van der Waals surface area contributed by atoms with Crippen LogP contribution in [0.1, 0.15) is 13.3 Å². The quantitative estimate of drug-likeness (QED) is 0.763. The Bertz CT molecular complexity index is 383. The lowest BCUT2D eigenvalue weighted by Crippen LogP contribution is -2.33. The molecule has 0 bridgehead atoms. The van der Waals surface area contributed by atoms with E-state index in [1.54, 1.807) is 6.92 Å². The van der Waals surface area contributed by atoms with Crippen LogP contribution in [0.5, 0.6) is 0 Å². The highest BCUT2D eigenvalue weighted by molar-refractivity contribution is 6.99. The highest BCUT2D eigenvalue weighted by atomic mass is 35.5. The van der Waals surface area contributed by atoms with Crippen molar-refractivity contribution in [3.05, 3.63) is 5.15 Å². The van der Waals surface area contributed by atoms with Gasteiger partial charge in [-0.15, -0.1) is 0 Å². The van der Waals surface area contributed by atoms with Crippen LogP contribution < -0.4 is 4.90 Å². The van der Waals surface area contributed by atoms with Crippen LogP contribution in [0.4, 0.5) is 5.82 Å². The fraction of sp³-hybridized carbons (Fsp3) is 0.667. The van der Waals surface area contributed by atoms with Crippen molar-refractivity contribution < 1.29 is 4.79 Å². The molecule has 0 saturated carbocycles. The minimum Gasteiger partial charge on any atom is -0.351 e. The Morgan fingerprint density at radius 1 is 1.31 bits per heavy atom. The molecule has 2 heterocycles. The minimum absolute atomic E-state index is 0.129. The first-order valence-corrected chi connectivity index (χ1v) is 6.28. The fourth-order valence-electron chi connectivity index (χ4n) is 1.81. The lowest BCUT2D eigenvalue weighted by Gasteiger charge is -2.20. The van der Waals surface area contributed by atoms with E-state index in [1.165, 1.54) is 0 Å². The molecule has 0 N–H and O–H groups in total. The molecule has 1 amide bonds. The van der Waals surface area contributed by atoms with Gasteiger partial charge in [0.15, 0.2) is 11.0 Å². The van der Waals surface area contributed by atoms with Gasteiger partial charge in [-0.05, 0) is 6.42 Å². The molecule has 1 aliphatic heterocycles. The number of nitrogens with zero attached hydrogens (tertiary/aromatic N) is 4. The van der Waals surface area contributed by atoms with Gasteiger partial charge in [0.25, 0.3) is 0 Å². The van der Waals surface area contributed by atoms with E-state index in [0.29, 0.717) is 5.15 Å². The summed E-state index contributed by atoms with van der Waals surface area (Å²) >= 11 is 7.06. The number of hydrogen-bond donors (Lipinski definition) is 0. The second-order valence-corrected chi connectivity index (χ2v) is 4.61. The Kier molecular flexibility index (Phi) is 3.60. The number of hydrogen-bond acceptors (Lipinski definition) is 5. The van der Waals surface area contributed by atoms with E-state index in [-0.39, 0.29) is 5.91 Å². The Balaban J connectivity index is 2.04. The van der Waals surface area contributed by atoms with Crippen molar-refractivity contribution in [1.29, 1.82) is 0 Å². The normalized spacial score (nSPS) is 17.4. The van der Waals surface area contributed by atoms with E-state index in [1.807, 2.05) is 4.90 Å². The number of aromatic nitrogens is 2. The van der Waals surface area contributed by atoms with Crippen LogP contribution in [0, 0.1) is 0 Å². The molecule has 2 rings (SSSR count). The molecule has 1 aromatic heterocycles. The Morgan fingerprint density at radius 2 is 2.12 bits per heavy atom. The lowest BCUT2D eigenvalue weighted by atomic mass is 10.4. The van der Waals surface area contributed by atoms with Crippen molar-refractivity contribution in [3.8, 4) is 0 Å². The molecule has 0 aromatic carbocycles. The molecule has 0 radical (unpaired) electrons. The summed E-state index contributed by atoms with van der Waals surface area (Å²) < 4.78 is 8.12. The summed E-state index contributed by atoms with van der Waals surface area (Å²) in [5, 5.41) is 0.460. The van der Waals surface area contributed by atoms with Gasteiger partial charge < -0.3 is 9.80 Å². The summed E-state index contributed by atoms with van der Waals surface area (Å²) in [7, 11) is 0. The van der Waals surface area contributed by atoms with Crippen molar-refractivity contribution >= 4 is 35.1 Å². The second kappa shape index (κ2) is 4.97. The van der Waals surface area contributed by atoms with Crippen molar-refractivity contribution in [1.82, 2.24) is 13.6 Å². The average molecular weight is 261 g/mol. The number of rotatable bonds is 1. The van der Waals surface area contributed by atoms with Gasteiger partial charge in [0.2, 0.25) is 5.91 Å². The summed E-state index contributed by atoms with van der Waals surface area (Å²) in [6.45, 7) is 4.77. The van der Waals surface area contributed by atoms with E-state index in [2.05, 4.69) is 13.6 Å². The van der Waals surface area contributed by atoms with E-state index in [0.717, 1.165) is 50.1 Å². The Hall–Kier alpha value is -0.880. The molecule has 0 unspecified atom stereocenters. The van der Waals surface area contributed by atoms with Crippen LogP contribution in [0.15, 0.2) is 0 Å². The smallest absolute Gasteiger partial charge is 0.219 e. The van der Waals surface area contributed by atoms with Crippen molar-refractivity contribution in [2.24, 2.45) is 0 Å². The van der Waals surface area contributed by atoms with E-state index < -0.39 is 0 Å². The largest absolute Gasteiger partial charge is 0.351 e. The highest BCUT2D eigenvalue weighted by Gasteiger charge is 2.20. The molecular formula is C9H13ClN4OS. The van der Waals surface area contributed by atoms with Crippen LogP contribution in [0.2, 0.25) is 5.15 Å². The zero-order valence-corrected chi connectivity index (χ0v) is 10.6. The van der Waals surface area contributed by atoms with Crippen LogP contribution in [0.25, 0.3) is 0 Å². The first kappa shape index (κ1) is 11.6. The molecule has 88 valence electrons. The fourth-order valence-corrected chi connectivity index (χ4v) is 2.58. The molecular weight excluding hydrogens is 248 g/mol. The maximum absolute atomic E-state index is 11.3. The molecule has 1 fully saturated rings. The first-order valence-electron chi connectivity index (χ1n) is 5.17. The Morgan fingerprint density at radius 3 is 2.75 bits per heavy atom. The zero-order valence-electron chi connectivity index (χ0n) is 9.02. The van der Waals surface area contributed by atoms with Gasteiger partial charge >= 0.3 is 0 Å². The van der Waals surface area contributed by atoms with Gasteiger partial charge in [0, 0.05) is 33.1 Å². The number of halogens is 1. The number of carbonyl (C=O) groups excluding carboxylic acids is 1. The Labute approximate surface area is 103 Å². The molecule has 5 nitrogen and oxygen atoms in total. The van der Waals surface area contributed by atoms with Gasteiger partial charge in [0.1, 0.15) is 0 Å². The van der Waals surface area contributed by atoms with Gasteiger partial charge in [0.05, 0.1) is 11.7 Å². The maximum Gasteiger partial charge on any atom is 0.219 e. The van der Waals surface area contributed by atoms with Crippen molar-refractivity contribution in [2.45, 2.75) is 13.3 Å². The molecule has 0 aliphatic carbocycles. The van der Waals surface area contributed by atoms with E-state index in [4.69, 9.17) is 11.6 Å². The summed E-state index contributed by atoms with van der Waals surface area (Å²) in [6, 6.07) is 0. The third-order valence-corrected chi connectivity index (χ3v) is 3.55. The zero-order chi connectivity index (χ0) is 11.5. The molecule has 0 spiro atoms. The average Bonchev–Trinajstić information content (AvgIpc) is 2.54. The molecule has 0 atom stereocenters. The second-order valence-electron chi connectivity index (χ2n) is 3.73. The minimum atomic E-state index is 0.129. The number of amides is 1. The van der Waals surface area contributed by atoms with E-state index >= 15 is 0 Å². The number of anilines is 1. The maximum atomic E-state index is 11.3. The summed E-state index contributed by atoms with van der Waals surface area (Å²) in [5.41, 5.74) is 0. The standard InChI is InChI=1S/C9H13ClN4OS/c1-7(15)13-3-2-4-14(6-5-13)9-8(10)11-16-12-9/h2-6H2,1H3. The monoisotopic (exact) mass is 260 g/mol. The van der Waals surface area contributed by atoms with Crippen LogP contribution in [0.3, 0.4) is 0 Å². The summed E-state index contributed by atoms with van der Waals surface area (Å²) in [5.74, 6) is 0.876. The molecule has 1 aliphatic rings. The topological polar surface area (TPSA) is 49.3 Å². The first-order chi connectivity index (χ1) is 7.68. The summed E-state index contributed by atoms with van der Waals surface area (Å²) in [6.07, 6.45) is 0.938. The third-order valence-electron chi connectivity index (χ3n) is 2.67. The van der Waals surface area contributed by atoms with E-state index in [9.17, 15) is 4.79 Å². The van der Waals surface area contributed by atoms with Gasteiger partial charge in [-0.3, -0.25) is 4.79 Å². The van der Waals surface area contributed by atoms with Gasteiger partial charge in [-0.25, -0.2) is 0 Å². The molecule has 7 heteroatoms. The van der Waals surface area contributed by atoms with Gasteiger partial charge in [-0.1, -0.05) is 11.6 Å². The molecule has 1 aromatic rings. The van der Waals surface area contributed by atoms with Crippen molar-refractivity contribution in [3.63, 3.8) is 0 Å². The lowest BCUT2D eigenvalue weighted by molar-refractivity contribution is -0.128.